The van der Waals surface area contributed by atoms with E-state index < -0.39 is 12.1 Å². The van der Waals surface area contributed by atoms with Gasteiger partial charge in [0, 0.05) is 17.3 Å². The van der Waals surface area contributed by atoms with Gasteiger partial charge in [0.15, 0.2) is 6.10 Å². The number of ether oxygens (including phenoxy) is 1. The van der Waals surface area contributed by atoms with Crippen molar-refractivity contribution in [2.24, 2.45) is 0 Å². The summed E-state index contributed by atoms with van der Waals surface area (Å²) in [4.78, 5) is 26.3. The standard InChI is InChI=1S/C18H16ClNO3/c1-12(23-18(22)14-6-8-15(19)9-7-14)17(21)20-11-10-13-4-2-3-5-16(13)20/h2-9,12H,10-11H2,1H3/t12-/m1/s1. The maximum atomic E-state index is 12.6. The van der Waals surface area contributed by atoms with Crippen LogP contribution in [0.5, 0.6) is 0 Å². The number of nitrogens with zero attached hydrogens (tertiary/aromatic N) is 1. The molecule has 3 rings (SSSR count). The Balaban J connectivity index is 1.69. The number of para-hydroxylation sites is 1. The van der Waals surface area contributed by atoms with Gasteiger partial charge in [0.25, 0.3) is 5.91 Å². The van der Waals surface area contributed by atoms with Gasteiger partial charge in [-0.05, 0) is 49.2 Å². The summed E-state index contributed by atoms with van der Waals surface area (Å²) in [5, 5.41) is 0.541. The second kappa shape index (κ2) is 6.42. The summed E-state index contributed by atoms with van der Waals surface area (Å²) in [7, 11) is 0. The van der Waals surface area contributed by atoms with Crippen molar-refractivity contribution in [3.8, 4) is 0 Å². The van der Waals surface area contributed by atoms with E-state index in [0.29, 0.717) is 17.1 Å². The van der Waals surface area contributed by atoms with Crippen molar-refractivity contribution in [1.29, 1.82) is 0 Å². The van der Waals surface area contributed by atoms with Gasteiger partial charge < -0.3 is 9.64 Å². The molecule has 0 bridgehead atoms. The Labute approximate surface area is 139 Å². The minimum atomic E-state index is -0.843. The monoisotopic (exact) mass is 329 g/mol. The number of hydrogen-bond donors (Lipinski definition) is 0. The van der Waals surface area contributed by atoms with Gasteiger partial charge >= 0.3 is 5.97 Å². The van der Waals surface area contributed by atoms with Crippen molar-refractivity contribution in [2.45, 2.75) is 19.4 Å². The Kier molecular flexibility index (Phi) is 4.35. The number of halogens is 1. The number of esters is 1. The fraction of sp³-hybridized carbons (Fsp3) is 0.222. The zero-order valence-electron chi connectivity index (χ0n) is 12.7. The van der Waals surface area contributed by atoms with Gasteiger partial charge in [-0.25, -0.2) is 4.79 Å². The van der Waals surface area contributed by atoms with Crippen molar-refractivity contribution < 1.29 is 14.3 Å². The fourth-order valence-electron chi connectivity index (χ4n) is 2.65. The first-order valence-corrected chi connectivity index (χ1v) is 7.80. The van der Waals surface area contributed by atoms with Crippen molar-refractivity contribution in [3.63, 3.8) is 0 Å². The summed E-state index contributed by atoms with van der Waals surface area (Å²) < 4.78 is 5.29. The van der Waals surface area contributed by atoms with Gasteiger partial charge in [0.2, 0.25) is 0 Å². The maximum absolute atomic E-state index is 12.6. The van der Waals surface area contributed by atoms with Gasteiger partial charge in [-0.15, -0.1) is 0 Å². The minimum absolute atomic E-state index is 0.211. The summed E-state index contributed by atoms with van der Waals surface area (Å²) in [6, 6.07) is 14.1. The zero-order valence-corrected chi connectivity index (χ0v) is 13.4. The topological polar surface area (TPSA) is 46.6 Å². The lowest BCUT2D eigenvalue weighted by Gasteiger charge is -2.21. The van der Waals surface area contributed by atoms with Crippen LogP contribution < -0.4 is 4.90 Å². The maximum Gasteiger partial charge on any atom is 0.338 e. The molecule has 1 heterocycles. The lowest BCUT2D eigenvalue weighted by atomic mass is 10.2. The number of benzene rings is 2. The molecule has 0 N–H and O–H groups in total. The lowest BCUT2D eigenvalue weighted by Crippen LogP contribution is -2.39. The van der Waals surface area contributed by atoms with Crippen molar-refractivity contribution in [3.05, 3.63) is 64.7 Å². The average Bonchev–Trinajstić information content (AvgIpc) is 2.98. The highest BCUT2D eigenvalue weighted by Gasteiger charge is 2.29. The van der Waals surface area contributed by atoms with Crippen LogP contribution >= 0.6 is 11.6 Å². The molecule has 118 valence electrons. The Bertz CT molecular complexity index is 742. The molecule has 0 saturated heterocycles. The van der Waals surface area contributed by atoms with Gasteiger partial charge in [-0.1, -0.05) is 29.8 Å². The Morgan fingerprint density at radius 1 is 1.13 bits per heavy atom. The number of carbonyl (C=O) groups is 2. The molecule has 2 aromatic rings. The third-order valence-corrected chi connectivity index (χ3v) is 4.12. The predicted molar refractivity (Wildman–Crippen MR) is 88.8 cm³/mol. The van der Waals surface area contributed by atoms with Gasteiger partial charge in [-0.2, -0.15) is 0 Å². The van der Waals surface area contributed by atoms with Crippen LogP contribution in [0, 0.1) is 0 Å². The molecule has 0 saturated carbocycles. The molecular weight excluding hydrogens is 314 g/mol. The Morgan fingerprint density at radius 2 is 1.83 bits per heavy atom. The van der Waals surface area contributed by atoms with Crippen molar-refractivity contribution >= 4 is 29.2 Å². The first-order valence-electron chi connectivity index (χ1n) is 7.42. The zero-order chi connectivity index (χ0) is 16.4. The van der Waals surface area contributed by atoms with Crippen molar-refractivity contribution in [1.82, 2.24) is 0 Å². The van der Waals surface area contributed by atoms with E-state index in [4.69, 9.17) is 16.3 Å². The first kappa shape index (κ1) is 15.6. The van der Waals surface area contributed by atoms with E-state index in [2.05, 4.69) is 0 Å². The molecule has 4 nitrogen and oxygen atoms in total. The van der Waals surface area contributed by atoms with Gasteiger partial charge in [0.05, 0.1) is 5.56 Å². The van der Waals surface area contributed by atoms with Crippen LogP contribution in [0.15, 0.2) is 48.5 Å². The number of carbonyl (C=O) groups excluding carboxylic acids is 2. The minimum Gasteiger partial charge on any atom is -0.449 e. The Hall–Kier alpha value is -2.33. The lowest BCUT2D eigenvalue weighted by molar-refractivity contribution is -0.126. The molecule has 0 aromatic heterocycles. The smallest absolute Gasteiger partial charge is 0.338 e. The second-order valence-corrected chi connectivity index (χ2v) is 5.86. The van der Waals surface area contributed by atoms with Gasteiger partial charge in [-0.3, -0.25) is 4.79 Å². The quantitative estimate of drug-likeness (QED) is 0.810. The van der Waals surface area contributed by atoms with Crippen LogP contribution in [-0.2, 0) is 16.0 Å². The molecule has 0 radical (unpaired) electrons. The molecule has 1 amide bonds. The van der Waals surface area contributed by atoms with Gasteiger partial charge in [0.1, 0.15) is 0 Å². The van der Waals surface area contributed by atoms with E-state index in [1.54, 1.807) is 36.1 Å². The molecule has 0 unspecified atom stereocenters. The van der Waals surface area contributed by atoms with Crippen molar-refractivity contribution in [2.75, 3.05) is 11.4 Å². The molecule has 1 aliphatic rings. The molecule has 0 spiro atoms. The number of hydrogen-bond acceptors (Lipinski definition) is 3. The summed E-state index contributed by atoms with van der Waals surface area (Å²) in [5.41, 5.74) is 2.40. The van der Waals surface area contributed by atoms with E-state index in [0.717, 1.165) is 17.7 Å². The average molecular weight is 330 g/mol. The number of rotatable bonds is 3. The highest BCUT2D eigenvalue weighted by Crippen LogP contribution is 2.28. The molecule has 23 heavy (non-hydrogen) atoms. The summed E-state index contributed by atoms with van der Waals surface area (Å²) >= 11 is 5.79. The molecule has 2 aromatic carbocycles. The van der Waals surface area contributed by atoms with Crippen LogP contribution in [0.25, 0.3) is 0 Å². The highest BCUT2D eigenvalue weighted by atomic mass is 35.5. The molecule has 0 aliphatic carbocycles. The molecular formula is C18H16ClNO3. The van der Waals surface area contributed by atoms with Crippen LogP contribution in [0.1, 0.15) is 22.8 Å². The number of anilines is 1. The largest absolute Gasteiger partial charge is 0.449 e. The third-order valence-electron chi connectivity index (χ3n) is 3.86. The van der Waals surface area contributed by atoms with E-state index in [1.807, 2.05) is 24.3 Å². The van der Waals surface area contributed by atoms with E-state index in [-0.39, 0.29) is 5.91 Å². The third kappa shape index (κ3) is 3.22. The molecule has 0 fully saturated rings. The van der Waals surface area contributed by atoms with E-state index in [9.17, 15) is 9.59 Å². The summed E-state index contributed by atoms with van der Waals surface area (Å²) in [6.07, 6.45) is -0.0240. The van der Waals surface area contributed by atoms with Crippen LogP contribution in [-0.4, -0.2) is 24.5 Å². The normalized spacial score (nSPS) is 14.3. The predicted octanol–water partition coefficient (Wildman–Crippen LogP) is 3.47. The molecule has 5 heteroatoms. The van der Waals surface area contributed by atoms with E-state index >= 15 is 0 Å². The molecule has 1 aliphatic heterocycles. The molecule has 1 atom stereocenters. The van der Waals surface area contributed by atoms with Crippen LogP contribution in [0.4, 0.5) is 5.69 Å². The van der Waals surface area contributed by atoms with Crippen LogP contribution in [0.2, 0.25) is 5.02 Å². The number of amides is 1. The van der Waals surface area contributed by atoms with E-state index in [1.165, 1.54) is 0 Å². The highest BCUT2D eigenvalue weighted by molar-refractivity contribution is 6.30. The number of fused-ring (bicyclic) bond motifs is 1. The second-order valence-electron chi connectivity index (χ2n) is 5.42. The van der Waals surface area contributed by atoms with Crippen LogP contribution in [0.3, 0.4) is 0 Å². The fourth-order valence-corrected chi connectivity index (χ4v) is 2.78. The first-order chi connectivity index (χ1) is 11.1. The summed E-state index contributed by atoms with van der Waals surface area (Å²) in [5.74, 6) is -0.743. The Morgan fingerprint density at radius 3 is 2.57 bits per heavy atom. The summed E-state index contributed by atoms with van der Waals surface area (Å²) in [6.45, 7) is 2.21. The SMILES string of the molecule is C[C@@H](OC(=O)c1ccc(Cl)cc1)C(=O)N1CCc2ccccc21.